The summed E-state index contributed by atoms with van der Waals surface area (Å²) < 4.78 is 2.04. The molecule has 1 amide bonds. The number of aromatic nitrogens is 1. The van der Waals surface area contributed by atoms with E-state index in [1.54, 1.807) is 24.3 Å². The lowest BCUT2D eigenvalue weighted by Crippen LogP contribution is -2.19. The SMILES string of the molecule is CC(=O)c1cccc(NC(=O)CC(c2ccc(C)cc2)n2cccc2)c1. The fourth-order valence-electron chi connectivity index (χ4n) is 2.94. The zero-order valence-electron chi connectivity index (χ0n) is 15.0. The first-order valence-corrected chi connectivity index (χ1v) is 8.63. The maximum absolute atomic E-state index is 12.6. The highest BCUT2D eigenvalue weighted by Gasteiger charge is 2.17. The number of benzene rings is 2. The van der Waals surface area contributed by atoms with E-state index in [0.717, 1.165) is 5.56 Å². The lowest BCUT2D eigenvalue weighted by molar-refractivity contribution is -0.116. The van der Waals surface area contributed by atoms with E-state index in [-0.39, 0.29) is 17.7 Å². The number of carbonyl (C=O) groups excluding carboxylic acids is 2. The van der Waals surface area contributed by atoms with E-state index in [4.69, 9.17) is 0 Å². The normalized spacial score (nSPS) is 11.8. The number of ketones is 1. The molecule has 0 radical (unpaired) electrons. The number of amides is 1. The molecule has 0 saturated carbocycles. The third-order valence-electron chi connectivity index (χ3n) is 4.38. The molecule has 1 N–H and O–H groups in total. The monoisotopic (exact) mass is 346 g/mol. The average Bonchev–Trinajstić information content (AvgIpc) is 3.15. The van der Waals surface area contributed by atoms with Gasteiger partial charge in [-0.15, -0.1) is 0 Å². The fraction of sp³-hybridized carbons (Fsp3) is 0.182. The van der Waals surface area contributed by atoms with Crippen LogP contribution in [0.5, 0.6) is 0 Å². The third kappa shape index (κ3) is 4.28. The molecule has 4 nitrogen and oxygen atoms in total. The van der Waals surface area contributed by atoms with Crippen molar-refractivity contribution >= 4 is 17.4 Å². The smallest absolute Gasteiger partial charge is 0.226 e. The van der Waals surface area contributed by atoms with Crippen LogP contribution in [0.4, 0.5) is 5.69 Å². The molecular formula is C22H22N2O2. The number of nitrogens with zero attached hydrogens (tertiary/aromatic N) is 1. The van der Waals surface area contributed by atoms with E-state index < -0.39 is 0 Å². The minimum Gasteiger partial charge on any atom is -0.346 e. The number of rotatable bonds is 6. The second-order valence-electron chi connectivity index (χ2n) is 6.45. The number of nitrogens with one attached hydrogen (secondary N) is 1. The number of Topliss-reactive ketones (excluding diaryl/α,β-unsaturated/α-hetero) is 1. The molecule has 0 aliphatic heterocycles. The molecular weight excluding hydrogens is 324 g/mol. The van der Waals surface area contributed by atoms with Crippen molar-refractivity contribution in [2.24, 2.45) is 0 Å². The van der Waals surface area contributed by atoms with E-state index in [1.165, 1.54) is 12.5 Å². The van der Waals surface area contributed by atoms with Gasteiger partial charge in [-0.2, -0.15) is 0 Å². The van der Waals surface area contributed by atoms with Crippen molar-refractivity contribution in [2.75, 3.05) is 5.32 Å². The number of anilines is 1. The van der Waals surface area contributed by atoms with Crippen LogP contribution in [0.15, 0.2) is 73.1 Å². The van der Waals surface area contributed by atoms with Crippen LogP contribution in [0.1, 0.15) is 40.9 Å². The number of hydrogen-bond acceptors (Lipinski definition) is 2. The number of hydrogen-bond donors (Lipinski definition) is 1. The zero-order chi connectivity index (χ0) is 18.5. The summed E-state index contributed by atoms with van der Waals surface area (Å²) in [5, 5.41) is 2.91. The Morgan fingerprint density at radius 3 is 2.35 bits per heavy atom. The minimum absolute atomic E-state index is 0.0222. The van der Waals surface area contributed by atoms with Gasteiger partial charge in [-0.3, -0.25) is 9.59 Å². The Morgan fingerprint density at radius 2 is 1.69 bits per heavy atom. The van der Waals surface area contributed by atoms with Gasteiger partial charge in [-0.25, -0.2) is 0 Å². The predicted octanol–water partition coefficient (Wildman–Crippen LogP) is 4.62. The highest BCUT2D eigenvalue weighted by atomic mass is 16.1. The Bertz CT molecular complexity index is 896. The Kier molecular flexibility index (Phi) is 5.32. The molecule has 4 heteroatoms. The van der Waals surface area contributed by atoms with Gasteiger partial charge in [0.15, 0.2) is 5.78 Å². The molecule has 1 atom stereocenters. The Hall–Kier alpha value is -3.14. The van der Waals surface area contributed by atoms with Gasteiger partial charge < -0.3 is 9.88 Å². The van der Waals surface area contributed by atoms with Gasteiger partial charge in [0.1, 0.15) is 0 Å². The van der Waals surface area contributed by atoms with E-state index in [2.05, 4.69) is 29.6 Å². The summed E-state index contributed by atoms with van der Waals surface area (Å²) in [6, 6.07) is 19.1. The second-order valence-corrected chi connectivity index (χ2v) is 6.45. The van der Waals surface area contributed by atoms with Crippen LogP contribution >= 0.6 is 0 Å². The predicted molar refractivity (Wildman–Crippen MR) is 103 cm³/mol. The Balaban J connectivity index is 1.78. The van der Waals surface area contributed by atoms with Gasteiger partial charge in [-0.05, 0) is 43.7 Å². The van der Waals surface area contributed by atoms with Crippen LogP contribution in [0, 0.1) is 6.92 Å². The molecule has 0 fully saturated rings. The number of aryl methyl sites for hydroxylation is 1. The average molecular weight is 346 g/mol. The third-order valence-corrected chi connectivity index (χ3v) is 4.38. The highest BCUT2D eigenvalue weighted by molar-refractivity contribution is 5.97. The summed E-state index contributed by atoms with van der Waals surface area (Å²) >= 11 is 0. The lowest BCUT2D eigenvalue weighted by Gasteiger charge is -2.19. The Morgan fingerprint density at radius 1 is 1.00 bits per heavy atom. The molecule has 3 aromatic rings. The topological polar surface area (TPSA) is 51.1 Å². The van der Waals surface area contributed by atoms with Crippen LogP contribution in [-0.2, 0) is 4.79 Å². The summed E-state index contributed by atoms with van der Waals surface area (Å²) in [5.74, 6) is -0.115. The van der Waals surface area contributed by atoms with Crippen LogP contribution in [0.2, 0.25) is 0 Å². The molecule has 1 aromatic heterocycles. The Labute approximate surface area is 153 Å². The first kappa shape index (κ1) is 17.7. The van der Waals surface area contributed by atoms with Crippen molar-refractivity contribution in [2.45, 2.75) is 26.3 Å². The first-order valence-electron chi connectivity index (χ1n) is 8.63. The van der Waals surface area contributed by atoms with Crippen molar-refractivity contribution < 1.29 is 9.59 Å². The van der Waals surface area contributed by atoms with E-state index in [0.29, 0.717) is 17.7 Å². The number of carbonyl (C=O) groups is 2. The van der Waals surface area contributed by atoms with Gasteiger partial charge in [-0.1, -0.05) is 42.0 Å². The molecule has 26 heavy (non-hydrogen) atoms. The summed E-state index contributed by atoms with van der Waals surface area (Å²) in [6.07, 6.45) is 4.24. The molecule has 0 saturated heterocycles. The van der Waals surface area contributed by atoms with Crippen molar-refractivity contribution in [1.29, 1.82) is 0 Å². The highest BCUT2D eigenvalue weighted by Crippen LogP contribution is 2.24. The van der Waals surface area contributed by atoms with Crippen molar-refractivity contribution in [3.8, 4) is 0 Å². The van der Waals surface area contributed by atoms with E-state index >= 15 is 0 Å². The molecule has 1 heterocycles. The first-order chi connectivity index (χ1) is 12.5. The van der Waals surface area contributed by atoms with Gasteiger partial charge in [0.2, 0.25) is 5.91 Å². The molecule has 3 rings (SSSR count). The van der Waals surface area contributed by atoms with Gasteiger partial charge in [0, 0.05) is 23.6 Å². The van der Waals surface area contributed by atoms with Crippen LogP contribution in [0.3, 0.4) is 0 Å². The minimum atomic E-state index is -0.0926. The molecule has 1 unspecified atom stereocenters. The van der Waals surface area contributed by atoms with Crippen LogP contribution in [0.25, 0.3) is 0 Å². The summed E-state index contributed by atoms with van der Waals surface area (Å²) in [4.78, 5) is 24.1. The van der Waals surface area contributed by atoms with Crippen molar-refractivity contribution in [3.63, 3.8) is 0 Å². The summed E-state index contributed by atoms with van der Waals surface area (Å²) in [5.41, 5.74) is 3.49. The second kappa shape index (κ2) is 7.83. The van der Waals surface area contributed by atoms with E-state index in [1.807, 2.05) is 36.0 Å². The van der Waals surface area contributed by atoms with E-state index in [9.17, 15) is 9.59 Å². The zero-order valence-corrected chi connectivity index (χ0v) is 15.0. The maximum Gasteiger partial charge on any atom is 0.226 e. The van der Waals surface area contributed by atoms with Gasteiger partial charge in [0.05, 0.1) is 12.5 Å². The molecule has 0 bridgehead atoms. The molecule has 0 aliphatic carbocycles. The van der Waals surface area contributed by atoms with Crippen LogP contribution < -0.4 is 5.32 Å². The molecule has 0 aliphatic rings. The molecule has 0 spiro atoms. The largest absolute Gasteiger partial charge is 0.346 e. The quantitative estimate of drug-likeness (QED) is 0.662. The van der Waals surface area contributed by atoms with Gasteiger partial charge >= 0.3 is 0 Å². The van der Waals surface area contributed by atoms with Gasteiger partial charge in [0.25, 0.3) is 0 Å². The summed E-state index contributed by atoms with van der Waals surface area (Å²) in [6.45, 7) is 3.56. The van der Waals surface area contributed by atoms with Crippen molar-refractivity contribution in [3.05, 3.63) is 89.7 Å². The van der Waals surface area contributed by atoms with Crippen molar-refractivity contribution in [1.82, 2.24) is 4.57 Å². The fourth-order valence-corrected chi connectivity index (χ4v) is 2.94. The summed E-state index contributed by atoms with van der Waals surface area (Å²) in [7, 11) is 0. The maximum atomic E-state index is 12.6. The standard InChI is InChI=1S/C22H22N2O2/c1-16-8-10-18(11-9-16)21(24-12-3-4-13-24)15-22(26)23-20-7-5-6-19(14-20)17(2)25/h3-14,21H,15H2,1-2H3,(H,23,26). The lowest BCUT2D eigenvalue weighted by atomic mass is 10.0. The van der Waals surface area contributed by atoms with Crippen LogP contribution in [-0.4, -0.2) is 16.3 Å². The molecule has 132 valence electrons. The molecule has 2 aromatic carbocycles.